The summed E-state index contributed by atoms with van der Waals surface area (Å²) >= 11 is 8.89. The molecule has 2 aromatic rings. The van der Waals surface area contributed by atoms with Crippen LogP contribution >= 0.6 is 27.5 Å². The normalized spacial score (nSPS) is 10.4. The molecule has 0 fully saturated rings. The van der Waals surface area contributed by atoms with Gasteiger partial charge in [0.1, 0.15) is 17.3 Å². The smallest absolute Gasteiger partial charge is 0.145 e. The van der Waals surface area contributed by atoms with E-state index in [2.05, 4.69) is 15.9 Å². The van der Waals surface area contributed by atoms with Crippen LogP contribution in [0.1, 0.15) is 5.56 Å². The van der Waals surface area contributed by atoms with Crippen molar-refractivity contribution in [2.45, 2.75) is 6.61 Å². The van der Waals surface area contributed by atoms with Crippen LogP contribution in [0.25, 0.3) is 0 Å². The third-order valence-electron chi connectivity index (χ3n) is 2.31. The third-order valence-corrected chi connectivity index (χ3v) is 3.11. The van der Waals surface area contributed by atoms with E-state index in [4.69, 9.17) is 16.3 Å². The van der Waals surface area contributed by atoms with Crippen LogP contribution in [0.3, 0.4) is 0 Å². The Morgan fingerprint density at radius 1 is 1.22 bits per heavy atom. The minimum absolute atomic E-state index is 0.0422. The molecule has 0 bridgehead atoms. The summed E-state index contributed by atoms with van der Waals surface area (Å²) in [7, 11) is 0. The fourth-order valence-corrected chi connectivity index (χ4v) is 1.96. The maximum absolute atomic E-state index is 13.3. The average Bonchev–Trinajstić information content (AvgIpc) is 2.36. The summed E-state index contributed by atoms with van der Waals surface area (Å²) in [6.07, 6.45) is 0. The van der Waals surface area contributed by atoms with Crippen LogP contribution in [0.4, 0.5) is 4.39 Å². The van der Waals surface area contributed by atoms with Gasteiger partial charge in [-0.2, -0.15) is 0 Å². The summed E-state index contributed by atoms with van der Waals surface area (Å²) in [6, 6.07) is 9.40. The first kappa shape index (κ1) is 13.3. The van der Waals surface area contributed by atoms with Crippen molar-refractivity contribution in [2.24, 2.45) is 0 Å². The van der Waals surface area contributed by atoms with Gasteiger partial charge in [0.05, 0.1) is 11.6 Å². The van der Waals surface area contributed by atoms with Gasteiger partial charge >= 0.3 is 0 Å². The molecule has 2 aromatic carbocycles. The molecule has 0 aliphatic carbocycles. The number of aliphatic hydroxyl groups is 1. The Labute approximate surface area is 117 Å². The van der Waals surface area contributed by atoms with E-state index >= 15 is 0 Å². The monoisotopic (exact) mass is 330 g/mol. The van der Waals surface area contributed by atoms with Crippen LogP contribution in [-0.4, -0.2) is 5.11 Å². The maximum atomic E-state index is 13.3. The summed E-state index contributed by atoms with van der Waals surface area (Å²) < 4.78 is 19.6. The van der Waals surface area contributed by atoms with Gasteiger partial charge in [-0.05, 0) is 30.3 Å². The van der Waals surface area contributed by atoms with Crippen LogP contribution in [-0.2, 0) is 6.61 Å². The molecule has 5 heteroatoms. The molecule has 0 heterocycles. The second-order valence-electron chi connectivity index (χ2n) is 3.59. The molecule has 0 aromatic heterocycles. The van der Waals surface area contributed by atoms with E-state index in [-0.39, 0.29) is 11.6 Å². The van der Waals surface area contributed by atoms with Crippen molar-refractivity contribution in [1.29, 1.82) is 0 Å². The summed E-state index contributed by atoms with van der Waals surface area (Å²) in [5.41, 5.74) is 0.611. The van der Waals surface area contributed by atoms with Gasteiger partial charge in [0, 0.05) is 16.1 Å². The topological polar surface area (TPSA) is 29.5 Å². The van der Waals surface area contributed by atoms with Gasteiger partial charge in [0.25, 0.3) is 0 Å². The molecule has 0 unspecified atom stereocenters. The van der Waals surface area contributed by atoms with Gasteiger partial charge in [-0.3, -0.25) is 0 Å². The van der Waals surface area contributed by atoms with Gasteiger partial charge in [0.2, 0.25) is 0 Å². The minimum Gasteiger partial charge on any atom is -0.457 e. The summed E-state index contributed by atoms with van der Waals surface area (Å²) in [4.78, 5) is 0. The predicted octanol–water partition coefficient (Wildman–Crippen LogP) is 4.53. The number of hydrogen-bond acceptors (Lipinski definition) is 2. The van der Waals surface area contributed by atoms with Crippen molar-refractivity contribution < 1.29 is 14.2 Å². The Kier molecular flexibility index (Phi) is 4.22. The zero-order valence-corrected chi connectivity index (χ0v) is 11.5. The third kappa shape index (κ3) is 3.02. The molecule has 1 N–H and O–H groups in total. The molecular weight excluding hydrogens is 322 g/mol. The first-order chi connectivity index (χ1) is 8.60. The second-order valence-corrected chi connectivity index (χ2v) is 4.91. The van der Waals surface area contributed by atoms with Crippen LogP contribution in [0.2, 0.25) is 5.02 Å². The van der Waals surface area contributed by atoms with E-state index in [1.54, 1.807) is 24.3 Å². The van der Waals surface area contributed by atoms with Crippen LogP contribution in [0.15, 0.2) is 40.9 Å². The number of aliphatic hydroxyl groups excluding tert-OH is 1. The fraction of sp³-hybridized carbons (Fsp3) is 0.0769. The minimum atomic E-state index is -0.545. The lowest BCUT2D eigenvalue weighted by molar-refractivity contribution is 0.276. The van der Waals surface area contributed by atoms with Gasteiger partial charge < -0.3 is 9.84 Å². The van der Waals surface area contributed by atoms with Gasteiger partial charge in [-0.1, -0.05) is 27.5 Å². The zero-order chi connectivity index (χ0) is 13.1. The van der Waals surface area contributed by atoms with E-state index in [0.717, 1.165) is 4.47 Å². The Bertz CT molecular complexity index is 575. The number of ether oxygens (including phenoxy) is 1. The average molecular weight is 332 g/mol. The van der Waals surface area contributed by atoms with Crippen molar-refractivity contribution in [3.63, 3.8) is 0 Å². The predicted molar refractivity (Wildman–Crippen MR) is 71.5 cm³/mol. The standard InChI is InChI=1S/C13H9BrClFO2/c14-9-1-4-13(8(5-9)7-17)18-10-2-3-11(15)12(16)6-10/h1-6,17H,7H2. The Morgan fingerprint density at radius 3 is 2.67 bits per heavy atom. The number of hydrogen-bond donors (Lipinski definition) is 1. The van der Waals surface area contributed by atoms with Crippen LogP contribution in [0, 0.1) is 5.82 Å². The van der Waals surface area contributed by atoms with E-state index in [9.17, 15) is 9.50 Å². The molecule has 0 saturated carbocycles. The summed E-state index contributed by atoms with van der Waals surface area (Å²) in [5.74, 6) is 0.258. The molecule has 0 radical (unpaired) electrons. The molecule has 0 atom stereocenters. The number of benzene rings is 2. The molecule has 0 amide bonds. The molecule has 0 aliphatic rings. The quantitative estimate of drug-likeness (QED) is 0.895. The van der Waals surface area contributed by atoms with Gasteiger partial charge in [0.15, 0.2) is 0 Å². The van der Waals surface area contributed by atoms with Crippen LogP contribution in [0.5, 0.6) is 11.5 Å². The van der Waals surface area contributed by atoms with Crippen molar-refractivity contribution in [2.75, 3.05) is 0 Å². The molecule has 0 saturated heterocycles. The molecule has 18 heavy (non-hydrogen) atoms. The SMILES string of the molecule is OCc1cc(Br)ccc1Oc1ccc(Cl)c(F)c1. The molecule has 0 spiro atoms. The Balaban J connectivity index is 2.30. The molecule has 94 valence electrons. The Hall–Kier alpha value is -1.10. The van der Waals surface area contributed by atoms with E-state index in [1.807, 2.05) is 0 Å². The van der Waals surface area contributed by atoms with E-state index < -0.39 is 5.82 Å². The molecule has 2 nitrogen and oxygen atoms in total. The lowest BCUT2D eigenvalue weighted by Gasteiger charge is -2.10. The fourth-order valence-electron chi connectivity index (χ4n) is 1.44. The highest BCUT2D eigenvalue weighted by Gasteiger charge is 2.07. The first-order valence-electron chi connectivity index (χ1n) is 5.12. The molecular formula is C13H9BrClFO2. The Morgan fingerprint density at radius 2 is 2.00 bits per heavy atom. The maximum Gasteiger partial charge on any atom is 0.145 e. The first-order valence-corrected chi connectivity index (χ1v) is 6.29. The van der Waals surface area contributed by atoms with Crippen molar-refractivity contribution in [1.82, 2.24) is 0 Å². The highest BCUT2D eigenvalue weighted by Crippen LogP contribution is 2.29. The summed E-state index contributed by atoms with van der Waals surface area (Å²) in [5, 5.41) is 9.27. The van der Waals surface area contributed by atoms with Crippen molar-refractivity contribution in [3.8, 4) is 11.5 Å². The molecule has 0 aliphatic heterocycles. The highest BCUT2D eigenvalue weighted by molar-refractivity contribution is 9.10. The van der Waals surface area contributed by atoms with Gasteiger partial charge in [-0.25, -0.2) is 4.39 Å². The lowest BCUT2D eigenvalue weighted by Crippen LogP contribution is -1.92. The largest absolute Gasteiger partial charge is 0.457 e. The van der Waals surface area contributed by atoms with E-state index in [0.29, 0.717) is 17.1 Å². The van der Waals surface area contributed by atoms with Crippen molar-refractivity contribution >= 4 is 27.5 Å². The number of halogens is 3. The van der Waals surface area contributed by atoms with E-state index in [1.165, 1.54) is 12.1 Å². The highest BCUT2D eigenvalue weighted by atomic mass is 79.9. The summed E-state index contributed by atoms with van der Waals surface area (Å²) in [6.45, 7) is -0.162. The zero-order valence-electron chi connectivity index (χ0n) is 9.16. The van der Waals surface area contributed by atoms with Crippen LogP contribution < -0.4 is 4.74 Å². The molecule has 2 rings (SSSR count). The van der Waals surface area contributed by atoms with Crippen molar-refractivity contribution in [3.05, 3.63) is 57.3 Å². The van der Waals surface area contributed by atoms with Gasteiger partial charge in [-0.15, -0.1) is 0 Å². The second kappa shape index (κ2) is 5.69. The lowest BCUT2D eigenvalue weighted by atomic mass is 10.2. The number of rotatable bonds is 3.